The second kappa shape index (κ2) is 9.15. The molecule has 8 nitrogen and oxygen atoms in total. The molecule has 0 aliphatic heterocycles. The molecular weight excluding hydrogens is 427 g/mol. The molecule has 1 amide bonds. The van der Waals surface area contributed by atoms with Crippen LogP contribution < -0.4 is 14.8 Å². The quantitative estimate of drug-likeness (QED) is 0.436. The molecule has 33 heavy (non-hydrogen) atoms. The normalized spacial score (nSPS) is 10.8. The Morgan fingerprint density at radius 3 is 2.61 bits per heavy atom. The highest BCUT2D eigenvalue weighted by molar-refractivity contribution is 6.04. The Morgan fingerprint density at radius 2 is 1.97 bits per heavy atom. The molecule has 2 aromatic heterocycles. The Bertz CT molecular complexity index is 1290. The van der Waals surface area contributed by atoms with Gasteiger partial charge in [0.25, 0.3) is 5.91 Å². The molecule has 170 valence electrons. The second-order valence-electron chi connectivity index (χ2n) is 7.42. The lowest BCUT2D eigenvalue weighted by Crippen LogP contribution is -2.13. The summed E-state index contributed by atoms with van der Waals surface area (Å²) in [6.07, 6.45) is 3.27. The monoisotopic (exact) mass is 450 g/mol. The van der Waals surface area contributed by atoms with E-state index in [1.165, 1.54) is 13.2 Å². The molecule has 0 spiro atoms. The largest absolute Gasteiger partial charge is 0.493 e. The minimum absolute atomic E-state index is 0.255. The maximum atomic E-state index is 14.6. The number of anilines is 1. The van der Waals surface area contributed by atoms with Crippen LogP contribution in [0.2, 0.25) is 0 Å². The average Bonchev–Trinajstić information content (AvgIpc) is 3.36. The fourth-order valence-corrected chi connectivity index (χ4v) is 3.40. The first-order chi connectivity index (χ1) is 15.9. The van der Waals surface area contributed by atoms with Gasteiger partial charge in [-0.15, -0.1) is 0 Å². The third-order valence-corrected chi connectivity index (χ3v) is 5.27. The Kier molecular flexibility index (Phi) is 6.12. The van der Waals surface area contributed by atoms with Crippen LogP contribution in [-0.4, -0.2) is 27.7 Å². The number of imidazole rings is 1. The summed E-state index contributed by atoms with van der Waals surface area (Å²) in [6.45, 7) is 5.69. The molecule has 0 aliphatic carbocycles. The van der Waals surface area contributed by atoms with Crippen LogP contribution in [0.1, 0.15) is 33.2 Å². The van der Waals surface area contributed by atoms with Gasteiger partial charge in [-0.1, -0.05) is 5.16 Å². The van der Waals surface area contributed by atoms with Gasteiger partial charge in [0.15, 0.2) is 11.5 Å². The van der Waals surface area contributed by atoms with Gasteiger partial charge in [0.2, 0.25) is 0 Å². The lowest BCUT2D eigenvalue weighted by atomic mass is 10.1. The van der Waals surface area contributed by atoms with Crippen molar-refractivity contribution >= 4 is 11.6 Å². The lowest BCUT2D eigenvalue weighted by molar-refractivity contribution is 0.102. The van der Waals surface area contributed by atoms with Gasteiger partial charge in [-0.05, 0) is 57.2 Å². The minimum atomic E-state index is -0.477. The number of hydrogen-bond acceptors (Lipinski definition) is 6. The van der Waals surface area contributed by atoms with Crippen molar-refractivity contribution in [1.29, 1.82) is 0 Å². The molecule has 2 heterocycles. The highest BCUT2D eigenvalue weighted by Gasteiger charge is 2.15. The van der Waals surface area contributed by atoms with Gasteiger partial charge in [0.1, 0.15) is 24.0 Å². The van der Waals surface area contributed by atoms with Crippen molar-refractivity contribution in [2.45, 2.75) is 27.4 Å². The fraction of sp³-hybridized carbons (Fsp3) is 0.208. The molecule has 0 unspecified atom stereocenters. The van der Waals surface area contributed by atoms with Crippen LogP contribution >= 0.6 is 0 Å². The summed E-state index contributed by atoms with van der Waals surface area (Å²) in [4.78, 5) is 16.8. The van der Waals surface area contributed by atoms with Crippen LogP contribution in [0.5, 0.6) is 11.5 Å². The molecule has 0 bridgehead atoms. The number of benzene rings is 2. The zero-order valence-electron chi connectivity index (χ0n) is 18.7. The summed E-state index contributed by atoms with van der Waals surface area (Å²) in [7, 11) is 1.49. The van der Waals surface area contributed by atoms with Crippen LogP contribution in [0.3, 0.4) is 0 Å². The second-order valence-corrected chi connectivity index (χ2v) is 7.42. The number of hydrogen-bond donors (Lipinski definition) is 1. The SMILES string of the molecule is COc1cc(C(=O)Nc2ccc(-n3ccnc3C)c(F)c2)ccc1OCc1c(C)noc1C. The Hall–Kier alpha value is -4.14. The standard InChI is InChI=1S/C24H23FN4O4/c1-14-19(15(2)33-28-14)13-32-22-8-5-17(11-23(22)31-4)24(30)27-18-6-7-21(20(25)12-18)29-10-9-26-16(29)3/h5-12H,13H2,1-4H3,(H,27,30). The number of amides is 1. The van der Waals surface area contributed by atoms with Crippen molar-refractivity contribution < 1.29 is 23.2 Å². The minimum Gasteiger partial charge on any atom is -0.493 e. The first-order valence-corrected chi connectivity index (χ1v) is 10.2. The van der Waals surface area contributed by atoms with Gasteiger partial charge in [-0.2, -0.15) is 0 Å². The zero-order valence-corrected chi connectivity index (χ0v) is 18.7. The van der Waals surface area contributed by atoms with E-state index < -0.39 is 11.7 Å². The maximum Gasteiger partial charge on any atom is 0.255 e. The molecule has 4 rings (SSSR count). The van der Waals surface area contributed by atoms with E-state index in [1.807, 2.05) is 13.8 Å². The van der Waals surface area contributed by atoms with Gasteiger partial charge in [0.05, 0.1) is 24.1 Å². The molecule has 9 heteroatoms. The van der Waals surface area contributed by atoms with Crippen molar-refractivity contribution in [2.24, 2.45) is 0 Å². The third-order valence-electron chi connectivity index (χ3n) is 5.27. The Morgan fingerprint density at radius 1 is 1.15 bits per heavy atom. The summed E-state index contributed by atoms with van der Waals surface area (Å²) >= 11 is 0. The Balaban J connectivity index is 1.48. The summed E-state index contributed by atoms with van der Waals surface area (Å²) in [6, 6.07) is 9.32. The van der Waals surface area contributed by atoms with Crippen molar-refractivity contribution in [3.05, 3.63) is 83.0 Å². The Labute approximate surface area is 190 Å². The van der Waals surface area contributed by atoms with Crippen LogP contribution in [-0.2, 0) is 6.61 Å². The van der Waals surface area contributed by atoms with Crippen LogP contribution in [0.15, 0.2) is 53.3 Å². The van der Waals surface area contributed by atoms with Gasteiger partial charge >= 0.3 is 0 Å². The number of aromatic nitrogens is 3. The van der Waals surface area contributed by atoms with Crippen molar-refractivity contribution in [3.8, 4) is 17.2 Å². The van der Waals surface area contributed by atoms with E-state index >= 15 is 0 Å². The molecule has 0 fully saturated rings. The molecule has 0 saturated carbocycles. The van der Waals surface area contributed by atoms with Crippen molar-refractivity contribution in [1.82, 2.24) is 14.7 Å². The predicted molar refractivity (Wildman–Crippen MR) is 120 cm³/mol. The third kappa shape index (κ3) is 4.57. The van der Waals surface area contributed by atoms with E-state index in [0.717, 1.165) is 11.3 Å². The van der Waals surface area contributed by atoms with Crippen LogP contribution in [0.25, 0.3) is 5.69 Å². The van der Waals surface area contributed by atoms with E-state index in [1.54, 1.807) is 54.2 Å². The first-order valence-electron chi connectivity index (χ1n) is 10.2. The van der Waals surface area contributed by atoms with Crippen LogP contribution in [0.4, 0.5) is 10.1 Å². The lowest BCUT2D eigenvalue weighted by Gasteiger charge is -2.13. The van der Waals surface area contributed by atoms with E-state index in [9.17, 15) is 9.18 Å². The molecule has 4 aromatic rings. The van der Waals surface area contributed by atoms with Gasteiger partial charge in [-0.25, -0.2) is 9.37 Å². The number of ether oxygens (including phenoxy) is 2. The topological polar surface area (TPSA) is 91.4 Å². The molecule has 0 atom stereocenters. The molecule has 2 aromatic carbocycles. The number of carbonyl (C=O) groups excluding carboxylic acids is 1. The van der Waals surface area contributed by atoms with Crippen molar-refractivity contribution in [3.63, 3.8) is 0 Å². The first kappa shape index (κ1) is 22.1. The van der Waals surface area contributed by atoms with E-state index in [2.05, 4.69) is 15.5 Å². The van der Waals surface area contributed by atoms with E-state index in [0.29, 0.717) is 40.0 Å². The molecule has 0 radical (unpaired) electrons. The molecule has 0 aliphatic rings. The number of aryl methyl sites for hydroxylation is 3. The summed E-state index contributed by atoms with van der Waals surface area (Å²) in [5.41, 5.74) is 2.63. The molecule has 1 N–H and O–H groups in total. The maximum absolute atomic E-state index is 14.6. The van der Waals surface area contributed by atoms with E-state index in [-0.39, 0.29) is 6.61 Å². The smallest absolute Gasteiger partial charge is 0.255 e. The number of halogens is 1. The number of carbonyl (C=O) groups is 1. The fourth-order valence-electron chi connectivity index (χ4n) is 3.40. The van der Waals surface area contributed by atoms with E-state index in [4.69, 9.17) is 14.0 Å². The number of nitrogens with one attached hydrogen (secondary N) is 1. The number of nitrogens with zero attached hydrogens (tertiary/aromatic N) is 3. The summed E-state index contributed by atoms with van der Waals surface area (Å²) < 4.78 is 32.6. The van der Waals surface area contributed by atoms with Gasteiger partial charge < -0.3 is 23.9 Å². The average molecular weight is 450 g/mol. The summed E-state index contributed by atoms with van der Waals surface area (Å²) in [5, 5.41) is 6.61. The highest BCUT2D eigenvalue weighted by Crippen LogP contribution is 2.30. The van der Waals surface area contributed by atoms with Crippen molar-refractivity contribution in [2.75, 3.05) is 12.4 Å². The molecule has 0 saturated heterocycles. The van der Waals surface area contributed by atoms with Gasteiger partial charge in [-0.3, -0.25) is 4.79 Å². The predicted octanol–water partition coefficient (Wildman–Crippen LogP) is 4.76. The number of rotatable bonds is 7. The van der Waals surface area contributed by atoms with Gasteiger partial charge in [0, 0.05) is 23.6 Å². The molecular formula is C24H23FN4O4. The van der Waals surface area contributed by atoms with Crippen LogP contribution in [0, 0.1) is 26.6 Å². The highest BCUT2D eigenvalue weighted by atomic mass is 19.1. The summed E-state index contributed by atoms with van der Waals surface area (Å²) in [5.74, 6) is 1.33. The zero-order chi connectivity index (χ0) is 23.5. The number of methoxy groups -OCH3 is 1.